The Morgan fingerprint density at radius 1 is 0.853 bits per heavy atom. The van der Waals surface area contributed by atoms with Gasteiger partial charge in [-0.2, -0.15) is 11.8 Å². The highest BCUT2D eigenvalue weighted by atomic mass is 32.2. The van der Waals surface area contributed by atoms with E-state index in [1.807, 2.05) is 20.1 Å². The zero-order valence-corrected chi connectivity index (χ0v) is 20.9. The molecular formula is C21H39N5O7S. The summed E-state index contributed by atoms with van der Waals surface area (Å²) < 4.78 is 0. The van der Waals surface area contributed by atoms with Gasteiger partial charge in [0.2, 0.25) is 17.7 Å². The van der Waals surface area contributed by atoms with Crippen molar-refractivity contribution in [3.8, 4) is 0 Å². The molecule has 196 valence electrons. The van der Waals surface area contributed by atoms with Gasteiger partial charge < -0.3 is 37.6 Å². The largest absolute Gasteiger partial charge is 0.481 e. The summed E-state index contributed by atoms with van der Waals surface area (Å²) in [6.45, 7) is 4.10. The number of carbonyl (C=O) groups is 5. The van der Waals surface area contributed by atoms with Crippen molar-refractivity contribution < 1.29 is 34.2 Å². The maximum absolute atomic E-state index is 13.0. The molecule has 12 nitrogen and oxygen atoms in total. The number of carbonyl (C=O) groups excluding carboxylic acids is 3. The molecule has 0 heterocycles. The first kappa shape index (κ1) is 31.6. The molecule has 0 bridgehead atoms. The maximum Gasteiger partial charge on any atom is 0.326 e. The number of rotatable bonds is 18. The van der Waals surface area contributed by atoms with Crippen LogP contribution in [0.4, 0.5) is 0 Å². The third-order valence-electron chi connectivity index (χ3n) is 4.88. The number of unbranched alkanes of at least 4 members (excludes halogenated alkanes) is 1. The Morgan fingerprint density at radius 2 is 1.41 bits per heavy atom. The second-order valence-electron chi connectivity index (χ2n) is 8.42. The molecule has 0 aromatic heterocycles. The number of nitrogens with two attached hydrogens (primary N) is 2. The van der Waals surface area contributed by atoms with Gasteiger partial charge in [0.1, 0.15) is 18.1 Å². The first-order valence-electron chi connectivity index (χ1n) is 11.2. The van der Waals surface area contributed by atoms with Crippen molar-refractivity contribution in [1.29, 1.82) is 0 Å². The van der Waals surface area contributed by atoms with Crippen molar-refractivity contribution in [2.75, 3.05) is 18.6 Å². The lowest BCUT2D eigenvalue weighted by atomic mass is 10.0. The molecule has 9 N–H and O–H groups in total. The SMILES string of the molecule is CSCCC(NC(=O)C(N)CC(=O)O)C(=O)NC(CC(C)C)C(=O)NC(CCCCN)C(=O)O. The number of thioether (sulfide) groups is 1. The van der Waals surface area contributed by atoms with Crippen LogP contribution in [0.1, 0.15) is 52.4 Å². The van der Waals surface area contributed by atoms with Gasteiger partial charge in [-0.05, 0) is 56.6 Å². The molecule has 34 heavy (non-hydrogen) atoms. The smallest absolute Gasteiger partial charge is 0.326 e. The van der Waals surface area contributed by atoms with Gasteiger partial charge in [0, 0.05) is 0 Å². The predicted octanol–water partition coefficient (Wildman–Crippen LogP) is -0.744. The number of nitrogens with one attached hydrogen (secondary N) is 3. The van der Waals surface area contributed by atoms with Crippen LogP contribution in [0.2, 0.25) is 0 Å². The van der Waals surface area contributed by atoms with Gasteiger partial charge in [-0.1, -0.05) is 13.8 Å². The van der Waals surface area contributed by atoms with Gasteiger partial charge in [0.05, 0.1) is 12.5 Å². The Labute approximate surface area is 204 Å². The number of carboxylic acids is 2. The molecule has 4 atom stereocenters. The number of hydrogen-bond donors (Lipinski definition) is 7. The number of aliphatic carboxylic acids is 2. The average Bonchev–Trinajstić information content (AvgIpc) is 2.74. The first-order valence-corrected chi connectivity index (χ1v) is 12.6. The maximum atomic E-state index is 13.0. The van der Waals surface area contributed by atoms with E-state index in [9.17, 15) is 29.1 Å². The minimum atomic E-state index is -1.33. The van der Waals surface area contributed by atoms with Crippen LogP contribution in [0.15, 0.2) is 0 Å². The van der Waals surface area contributed by atoms with Crippen molar-refractivity contribution in [2.24, 2.45) is 17.4 Å². The number of carboxylic acid groups (broad SMARTS) is 2. The van der Waals surface area contributed by atoms with Crippen LogP contribution in [-0.4, -0.2) is 82.6 Å². The molecule has 0 aromatic rings. The molecular weight excluding hydrogens is 466 g/mol. The number of hydrogen-bond acceptors (Lipinski definition) is 8. The van der Waals surface area contributed by atoms with E-state index in [1.165, 1.54) is 11.8 Å². The third kappa shape index (κ3) is 13.4. The van der Waals surface area contributed by atoms with Gasteiger partial charge in [-0.25, -0.2) is 4.79 Å². The molecule has 0 rings (SSSR count). The summed E-state index contributed by atoms with van der Waals surface area (Å²) in [5, 5.41) is 25.8. The Bertz CT molecular complexity index is 692. The zero-order chi connectivity index (χ0) is 26.3. The second kappa shape index (κ2) is 17.1. The molecule has 0 fully saturated rings. The van der Waals surface area contributed by atoms with Crippen LogP contribution in [0.25, 0.3) is 0 Å². The summed E-state index contributed by atoms with van der Waals surface area (Å²) in [7, 11) is 0. The lowest BCUT2D eigenvalue weighted by Crippen LogP contribution is -2.57. The summed E-state index contributed by atoms with van der Waals surface area (Å²) >= 11 is 1.44. The van der Waals surface area contributed by atoms with Crippen LogP contribution < -0.4 is 27.4 Å². The van der Waals surface area contributed by atoms with Gasteiger partial charge in [-0.3, -0.25) is 19.2 Å². The first-order chi connectivity index (χ1) is 15.9. The van der Waals surface area contributed by atoms with Crippen molar-refractivity contribution in [3.63, 3.8) is 0 Å². The van der Waals surface area contributed by atoms with Crippen LogP contribution in [0.3, 0.4) is 0 Å². The summed E-state index contributed by atoms with van der Waals surface area (Å²) in [6.07, 6.45) is 3.04. The zero-order valence-electron chi connectivity index (χ0n) is 20.0. The average molecular weight is 506 g/mol. The molecule has 0 aliphatic rings. The predicted molar refractivity (Wildman–Crippen MR) is 129 cm³/mol. The summed E-state index contributed by atoms with van der Waals surface area (Å²) in [4.78, 5) is 60.4. The van der Waals surface area contributed by atoms with Crippen molar-refractivity contribution in [1.82, 2.24) is 16.0 Å². The molecule has 3 amide bonds. The normalized spacial score (nSPS) is 14.5. The Kier molecular flexibility index (Phi) is 15.9. The Morgan fingerprint density at radius 3 is 1.91 bits per heavy atom. The van der Waals surface area contributed by atoms with E-state index in [1.54, 1.807) is 0 Å². The van der Waals surface area contributed by atoms with Crippen LogP contribution in [0.5, 0.6) is 0 Å². The molecule has 13 heteroatoms. The highest BCUT2D eigenvalue weighted by Crippen LogP contribution is 2.09. The van der Waals surface area contributed by atoms with Crippen LogP contribution in [-0.2, 0) is 24.0 Å². The standard InChI is InChI=1S/C21H39N5O7S/c1-12(2)10-16(20(31)25-15(21(32)33)6-4-5-8-22)26-19(30)14(7-9-34-3)24-18(29)13(23)11-17(27)28/h12-16H,4-11,22-23H2,1-3H3,(H,24,29)(H,25,31)(H,26,30)(H,27,28)(H,32,33). The van der Waals surface area contributed by atoms with E-state index in [0.29, 0.717) is 25.1 Å². The van der Waals surface area contributed by atoms with E-state index in [2.05, 4.69) is 16.0 Å². The minimum Gasteiger partial charge on any atom is -0.481 e. The molecule has 0 aliphatic carbocycles. The fourth-order valence-electron chi connectivity index (χ4n) is 3.06. The van der Waals surface area contributed by atoms with E-state index >= 15 is 0 Å². The molecule has 0 spiro atoms. The van der Waals surface area contributed by atoms with Crippen LogP contribution in [0, 0.1) is 5.92 Å². The quantitative estimate of drug-likeness (QED) is 0.116. The van der Waals surface area contributed by atoms with Gasteiger partial charge in [-0.15, -0.1) is 0 Å². The summed E-state index contributed by atoms with van der Waals surface area (Å²) in [5.74, 6) is -3.99. The second-order valence-corrected chi connectivity index (χ2v) is 9.41. The highest BCUT2D eigenvalue weighted by molar-refractivity contribution is 7.98. The van der Waals surface area contributed by atoms with Crippen molar-refractivity contribution in [3.05, 3.63) is 0 Å². The van der Waals surface area contributed by atoms with Gasteiger partial charge >= 0.3 is 11.9 Å². The monoisotopic (exact) mass is 505 g/mol. The highest BCUT2D eigenvalue weighted by Gasteiger charge is 2.30. The van der Waals surface area contributed by atoms with E-state index in [0.717, 1.165) is 0 Å². The molecule has 0 aromatic carbocycles. The fraction of sp³-hybridized carbons (Fsp3) is 0.762. The van der Waals surface area contributed by atoms with E-state index in [-0.39, 0.29) is 25.2 Å². The number of amides is 3. The molecule has 0 saturated carbocycles. The fourth-order valence-corrected chi connectivity index (χ4v) is 3.53. The minimum absolute atomic E-state index is 0.000189. The van der Waals surface area contributed by atoms with Gasteiger partial charge in [0.25, 0.3) is 0 Å². The molecule has 0 aliphatic heterocycles. The molecule has 4 unspecified atom stereocenters. The lowest BCUT2D eigenvalue weighted by molar-refractivity contribution is -0.142. The third-order valence-corrected chi connectivity index (χ3v) is 5.52. The summed E-state index contributed by atoms with van der Waals surface area (Å²) in [6, 6.07) is -4.51. The topological polar surface area (TPSA) is 214 Å². The van der Waals surface area contributed by atoms with E-state index < -0.39 is 60.2 Å². The Balaban J connectivity index is 5.42. The molecule has 0 radical (unpaired) electrons. The lowest BCUT2D eigenvalue weighted by Gasteiger charge is -2.26. The molecule has 0 saturated heterocycles. The van der Waals surface area contributed by atoms with Crippen molar-refractivity contribution in [2.45, 2.75) is 76.5 Å². The van der Waals surface area contributed by atoms with Crippen molar-refractivity contribution >= 4 is 41.4 Å². The van der Waals surface area contributed by atoms with Gasteiger partial charge in [0.15, 0.2) is 0 Å². The summed E-state index contributed by atoms with van der Waals surface area (Å²) in [5.41, 5.74) is 11.0. The Hall–Kier alpha value is -2.38. The van der Waals surface area contributed by atoms with Crippen LogP contribution >= 0.6 is 11.8 Å². The van der Waals surface area contributed by atoms with E-state index in [4.69, 9.17) is 16.6 Å².